The van der Waals surface area contributed by atoms with Gasteiger partial charge in [-0.2, -0.15) is 0 Å². The van der Waals surface area contributed by atoms with Crippen molar-refractivity contribution in [2.75, 3.05) is 26.2 Å². The number of likely N-dealkylation sites (tertiary alicyclic amines) is 1. The number of aryl methyl sites for hydroxylation is 1. The van der Waals surface area contributed by atoms with Gasteiger partial charge in [-0.1, -0.05) is 29.8 Å². The lowest BCUT2D eigenvalue weighted by Crippen LogP contribution is -2.61. The fraction of sp³-hybridized carbons (Fsp3) is 0.600. The van der Waals surface area contributed by atoms with Crippen LogP contribution in [-0.4, -0.2) is 59.9 Å². The number of amides is 2. The highest BCUT2D eigenvalue weighted by Gasteiger charge is 2.54. The number of carbonyl (C=O) groups is 2. The summed E-state index contributed by atoms with van der Waals surface area (Å²) < 4.78 is 0. The second-order valence-electron chi connectivity index (χ2n) is 7.83. The lowest BCUT2D eigenvalue weighted by Gasteiger charge is -2.51. The molecule has 0 saturated carbocycles. The van der Waals surface area contributed by atoms with E-state index in [0.29, 0.717) is 23.9 Å². The van der Waals surface area contributed by atoms with E-state index in [0.717, 1.165) is 19.6 Å². The molecule has 5 heteroatoms. The molecule has 2 amide bonds. The van der Waals surface area contributed by atoms with Crippen LogP contribution in [-0.2, 0) is 9.59 Å². The number of nitrogens with one attached hydrogen (secondary N) is 1. The number of hydrogen-bond acceptors (Lipinski definition) is 3. The van der Waals surface area contributed by atoms with E-state index < -0.39 is 0 Å². The SMILES string of the molecule is CC(=O)NCC(=O)N1C[C@@H](c2ccc(C)cc2)[C@@H]2[C@H]1C1CCN2CC1. The Labute approximate surface area is 149 Å². The Kier molecular flexibility index (Phi) is 4.28. The second-order valence-corrected chi connectivity index (χ2v) is 7.83. The summed E-state index contributed by atoms with van der Waals surface area (Å²) in [6, 6.07) is 9.52. The number of hydrogen-bond donors (Lipinski definition) is 1. The van der Waals surface area contributed by atoms with Crippen LogP contribution in [0.2, 0.25) is 0 Å². The first-order valence-electron chi connectivity index (χ1n) is 9.39. The largest absolute Gasteiger partial charge is 0.347 e. The van der Waals surface area contributed by atoms with Crippen molar-refractivity contribution < 1.29 is 9.59 Å². The molecular weight excluding hydrogens is 314 g/mol. The molecule has 134 valence electrons. The van der Waals surface area contributed by atoms with Crippen molar-refractivity contribution in [2.45, 2.75) is 44.7 Å². The molecule has 0 spiro atoms. The first-order chi connectivity index (χ1) is 12.0. The lowest BCUT2D eigenvalue weighted by atomic mass is 9.75. The van der Waals surface area contributed by atoms with Gasteiger partial charge in [0.25, 0.3) is 0 Å². The second kappa shape index (κ2) is 6.45. The van der Waals surface area contributed by atoms with E-state index in [-0.39, 0.29) is 18.4 Å². The van der Waals surface area contributed by atoms with E-state index in [1.54, 1.807) is 0 Å². The number of fused-ring (bicyclic) bond motifs is 2. The van der Waals surface area contributed by atoms with Crippen LogP contribution in [0.1, 0.15) is 36.8 Å². The molecule has 4 aliphatic heterocycles. The first kappa shape index (κ1) is 16.6. The summed E-state index contributed by atoms with van der Waals surface area (Å²) in [5.41, 5.74) is 2.60. The van der Waals surface area contributed by atoms with Crippen LogP contribution in [0, 0.1) is 12.8 Å². The molecular formula is C20H27N3O2. The van der Waals surface area contributed by atoms with E-state index in [4.69, 9.17) is 0 Å². The average Bonchev–Trinajstić information content (AvgIpc) is 3.04. The van der Waals surface area contributed by atoms with Gasteiger partial charge in [0.15, 0.2) is 0 Å². The van der Waals surface area contributed by atoms with E-state index in [9.17, 15) is 9.59 Å². The summed E-state index contributed by atoms with van der Waals surface area (Å²) in [4.78, 5) is 28.7. The Morgan fingerprint density at radius 3 is 2.44 bits per heavy atom. The van der Waals surface area contributed by atoms with Crippen LogP contribution in [0.4, 0.5) is 0 Å². The van der Waals surface area contributed by atoms with Crippen LogP contribution in [0.5, 0.6) is 0 Å². The fourth-order valence-corrected chi connectivity index (χ4v) is 5.11. The van der Waals surface area contributed by atoms with E-state index in [1.165, 1.54) is 30.9 Å². The summed E-state index contributed by atoms with van der Waals surface area (Å²) in [5.74, 6) is 0.892. The van der Waals surface area contributed by atoms with Gasteiger partial charge in [-0.25, -0.2) is 0 Å². The third kappa shape index (κ3) is 2.95. The molecule has 0 radical (unpaired) electrons. The van der Waals surface area contributed by atoms with Crippen molar-refractivity contribution in [1.29, 1.82) is 0 Å². The van der Waals surface area contributed by atoms with Crippen LogP contribution in [0.3, 0.4) is 0 Å². The van der Waals surface area contributed by atoms with Gasteiger partial charge in [0.2, 0.25) is 11.8 Å². The molecule has 5 rings (SSSR count). The normalized spacial score (nSPS) is 33.2. The molecule has 0 unspecified atom stereocenters. The highest BCUT2D eigenvalue weighted by Crippen LogP contribution is 2.46. The minimum atomic E-state index is -0.145. The number of benzene rings is 1. The topological polar surface area (TPSA) is 52.7 Å². The third-order valence-electron chi connectivity index (χ3n) is 6.31. The summed E-state index contributed by atoms with van der Waals surface area (Å²) in [7, 11) is 0. The Morgan fingerprint density at radius 2 is 1.80 bits per heavy atom. The van der Waals surface area contributed by atoms with Crippen LogP contribution in [0.15, 0.2) is 24.3 Å². The number of piperidine rings is 3. The molecule has 1 aromatic carbocycles. The maximum absolute atomic E-state index is 12.8. The van der Waals surface area contributed by atoms with Gasteiger partial charge >= 0.3 is 0 Å². The van der Waals surface area contributed by atoms with Gasteiger partial charge in [0, 0.05) is 25.4 Å². The standard InChI is InChI=1S/C20H27N3O2/c1-13-3-5-15(6-4-13)17-12-23(18(25)11-21-14(2)24)19-16-7-9-22(10-8-16)20(17)19/h3-6,16-17,19-20H,7-12H2,1-2H3,(H,21,24)/t17-,19+,20+/m0/s1. The molecule has 1 N–H and O–H groups in total. The van der Waals surface area contributed by atoms with E-state index in [2.05, 4.69) is 46.3 Å². The minimum absolute atomic E-state index is 0.0635. The van der Waals surface area contributed by atoms with Crippen molar-refractivity contribution >= 4 is 11.8 Å². The van der Waals surface area contributed by atoms with Gasteiger partial charge < -0.3 is 10.2 Å². The van der Waals surface area contributed by atoms with Gasteiger partial charge in [0.1, 0.15) is 0 Å². The molecule has 1 aromatic rings. The highest BCUT2D eigenvalue weighted by molar-refractivity contribution is 5.84. The summed E-state index contributed by atoms with van der Waals surface area (Å²) in [6.45, 7) is 6.76. The Morgan fingerprint density at radius 1 is 1.12 bits per heavy atom. The molecule has 5 nitrogen and oxygen atoms in total. The predicted molar refractivity (Wildman–Crippen MR) is 96.2 cm³/mol. The van der Waals surface area contributed by atoms with Crippen molar-refractivity contribution in [2.24, 2.45) is 5.92 Å². The van der Waals surface area contributed by atoms with Crippen LogP contribution >= 0.6 is 0 Å². The Hall–Kier alpha value is -1.88. The zero-order valence-electron chi connectivity index (χ0n) is 15.1. The Bertz CT molecular complexity index is 664. The minimum Gasteiger partial charge on any atom is -0.347 e. The van der Waals surface area contributed by atoms with E-state index in [1.807, 2.05) is 0 Å². The highest BCUT2D eigenvalue weighted by atomic mass is 16.2. The molecule has 0 aliphatic carbocycles. The zero-order valence-corrected chi connectivity index (χ0v) is 15.1. The molecule has 0 aromatic heterocycles. The van der Waals surface area contributed by atoms with Crippen molar-refractivity contribution in [3.63, 3.8) is 0 Å². The molecule has 4 fully saturated rings. The monoisotopic (exact) mass is 341 g/mol. The van der Waals surface area contributed by atoms with Gasteiger partial charge in [-0.05, 0) is 44.3 Å². The lowest BCUT2D eigenvalue weighted by molar-refractivity contribution is -0.136. The van der Waals surface area contributed by atoms with Gasteiger partial charge in [-0.15, -0.1) is 0 Å². The summed E-state index contributed by atoms with van der Waals surface area (Å²) in [5, 5.41) is 2.68. The maximum Gasteiger partial charge on any atom is 0.242 e. The number of carbonyl (C=O) groups excluding carboxylic acids is 2. The quantitative estimate of drug-likeness (QED) is 0.907. The molecule has 4 saturated heterocycles. The fourth-order valence-electron chi connectivity index (χ4n) is 5.11. The van der Waals surface area contributed by atoms with Gasteiger partial charge in [-0.3, -0.25) is 14.5 Å². The predicted octanol–water partition coefficient (Wildman–Crippen LogP) is 1.52. The van der Waals surface area contributed by atoms with Crippen LogP contribution < -0.4 is 5.32 Å². The van der Waals surface area contributed by atoms with Crippen molar-refractivity contribution in [1.82, 2.24) is 15.1 Å². The Balaban J connectivity index is 1.62. The molecule has 2 bridgehead atoms. The molecule has 3 atom stereocenters. The van der Waals surface area contributed by atoms with Gasteiger partial charge in [0.05, 0.1) is 12.6 Å². The summed E-state index contributed by atoms with van der Waals surface area (Å²) >= 11 is 0. The van der Waals surface area contributed by atoms with Crippen molar-refractivity contribution in [3.05, 3.63) is 35.4 Å². The maximum atomic E-state index is 12.8. The first-order valence-corrected chi connectivity index (χ1v) is 9.39. The zero-order chi connectivity index (χ0) is 17.6. The van der Waals surface area contributed by atoms with Crippen molar-refractivity contribution in [3.8, 4) is 0 Å². The average molecular weight is 341 g/mol. The number of nitrogens with zero attached hydrogens (tertiary/aromatic N) is 2. The third-order valence-corrected chi connectivity index (χ3v) is 6.31. The van der Waals surface area contributed by atoms with E-state index >= 15 is 0 Å². The molecule has 4 aliphatic rings. The summed E-state index contributed by atoms with van der Waals surface area (Å²) in [6.07, 6.45) is 2.37. The molecule has 25 heavy (non-hydrogen) atoms. The smallest absolute Gasteiger partial charge is 0.242 e. The van der Waals surface area contributed by atoms with Crippen LogP contribution in [0.25, 0.3) is 0 Å². The molecule has 4 heterocycles. The number of rotatable bonds is 3.